The minimum Gasteiger partial charge on any atom is -0.473 e. The van der Waals surface area contributed by atoms with Gasteiger partial charge in [0, 0.05) is 26.0 Å². The van der Waals surface area contributed by atoms with E-state index in [-0.39, 0.29) is 6.10 Å². The molecule has 0 saturated heterocycles. The molecular weight excluding hydrogens is 254 g/mol. The Bertz CT molecular complexity index is 559. The molecule has 0 aliphatic rings. The van der Waals surface area contributed by atoms with Crippen LogP contribution in [0, 0.1) is 0 Å². The average Bonchev–Trinajstić information content (AvgIpc) is 2.41. The van der Waals surface area contributed by atoms with Gasteiger partial charge in [-0.15, -0.1) is 0 Å². The van der Waals surface area contributed by atoms with Crippen LogP contribution < -0.4 is 15.4 Å². The van der Waals surface area contributed by atoms with Crippen LogP contribution in [0.15, 0.2) is 30.9 Å². The van der Waals surface area contributed by atoms with Gasteiger partial charge in [-0.05, 0) is 25.5 Å². The largest absolute Gasteiger partial charge is 0.473 e. The molecule has 2 aromatic heterocycles. The van der Waals surface area contributed by atoms with E-state index in [1.807, 2.05) is 44.1 Å². The van der Waals surface area contributed by atoms with Crippen molar-refractivity contribution >= 4 is 11.5 Å². The van der Waals surface area contributed by atoms with Crippen LogP contribution in [0.1, 0.15) is 19.4 Å². The highest BCUT2D eigenvalue weighted by Crippen LogP contribution is 2.28. The van der Waals surface area contributed by atoms with Gasteiger partial charge in [-0.2, -0.15) is 4.98 Å². The number of anilines is 2. The predicted octanol–water partition coefficient (Wildman–Crippen LogP) is 1.88. The number of pyridine rings is 1. The van der Waals surface area contributed by atoms with Gasteiger partial charge in [0.15, 0.2) is 5.82 Å². The molecule has 106 valence electrons. The SMILES string of the molecule is CC(C)Oc1ncnc(N(C)Cc2cccnc2)c1N. The van der Waals surface area contributed by atoms with Gasteiger partial charge >= 0.3 is 0 Å². The Kier molecular flexibility index (Phi) is 4.34. The van der Waals surface area contributed by atoms with Gasteiger partial charge in [-0.1, -0.05) is 6.07 Å². The van der Waals surface area contributed by atoms with Gasteiger partial charge in [0.25, 0.3) is 0 Å². The fourth-order valence-corrected chi connectivity index (χ4v) is 1.83. The molecule has 20 heavy (non-hydrogen) atoms. The lowest BCUT2D eigenvalue weighted by Gasteiger charge is -2.21. The maximum Gasteiger partial charge on any atom is 0.242 e. The summed E-state index contributed by atoms with van der Waals surface area (Å²) in [7, 11) is 1.92. The molecule has 0 aromatic carbocycles. The smallest absolute Gasteiger partial charge is 0.242 e. The van der Waals surface area contributed by atoms with E-state index in [0.29, 0.717) is 23.9 Å². The summed E-state index contributed by atoms with van der Waals surface area (Å²) in [5.41, 5.74) is 7.61. The average molecular weight is 273 g/mol. The molecular formula is C14H19N5O. The lowest BCUT2D eigenvalue weighted by atomic mass is 10.2. The lowest BCUT2D eigenvalue weighted by Crippen LogP contribution is -2.20. The van der Waals surface area contributed by atoms with E-state index in [9.17, 15) is 0 Å². The molecule has 2 heterocycles. The Morgan fingerprint density at radius 1 is 1.35 bits per heavy atom. The number of ether oxygens (including phenoxy) is 1. The van der Waals surface area contributed by atoms with E-state index in [1.54, 1.807) is 6.20 Å². The van der Waals surface area contributed by atoms with Gasteiger partial charge in [-0.25, -0.2) is 4.98 Å². The minimum atomic E-state index is 0.0173. The number of nitrogens with two attached hydrogens (primary N) is 1. The van der Waals surface area contributed by atoms with Crippen LogP contribution in [0.4, 0.5) is 11.5 Å². The van der Waals surface area contributed by atoms with E-state index < -0.39 is 0 Å². The van der Waals surface area contributed by atoms with Crippen molar-refractivity contribution in [3.63, 3.8) is 0 Å². The lowest BCUT2D eigenvalue weighted by molar-refractivity contribution is 0.234. The molecule has 0 atom stereocenters. The minimum absolute atomic E-state index is 0.0173. The third-order valence-electron chi connectivity index (χ3n) is 2.68. The van der Waals surface area contributed by atoms with Crippen molar-refractivity contribution < 1.29 is 4.74 Å². The van der Waals surface area contributed by atoms with Gasteiger partial charge < -0.3 is 15.4 Å². The molecule has 0 aliphatic carbocycles. The van der Waals surface area contributed by atoms with Crippen molar-refractivity contribution in [2.45, 2.75) is 26.5 Å². The summed E-state index contributed by atoms with van der Waals surface area (Å²) in [5.74, 6) is 1.07. The zero-order valence-corrected chi connectivity index (χ0v) is 11.9. The maximum atomic E-state index is 6.08. The molecule has 0 saturated carbocycles. The van der Waals surface area contributed by atoms with Gasteiger partial charge in [0.05, 0.1) is 6.10 Å². The number of aromatic nitrogens is 3. The second-order valence-corrected chi connectivity index (χ2v) is 4.80. The Labute approximate surface area is 118 Å². The molecule has 0 amide bonds. The summed E-state index contributed by atoms with van der Waals surface area (Å²) in [6, 6.07) is 3.91. The zero-order valence-electron chi connectivity index (χ0n) is 11.9. The van der Waals surface area contributed by atoms with Crippen LogP contribution in [0.2, 0.25) is 0 Å². The third kappa shape index (κ3) is 3.34. The van der Waals surface area contributed by atoms with Crippen LogP contribution in [0.5, 0.6) is 5.88 Å². The highest BCUT2D eigenvalue weighted by atomic mass is 16.5. The highest BCUT2D eigenvalue weighted by Gasteiger charge is 2.14. The highest BCUT2D eigenvalue weighted by molar-refractivity contribution is 5.67. The second-order valence-electron chi connectivity index (χ2n) is 4.80. The summed E-state index contributed by atoms with van der Waals surface area (Å²) in [6.07, 6.45) is 5.04. The van der Waals surface area contributed by atoms with Crippen molar-refractivity contribution in [2.75, 3.05) is 17.7 Å². The maximum absolute atomic E-state index is 6.08. The van der Waals surface area contributed by atoms with Crippen molar-refractivity contribution in [3.8, 4) is 5.88 Å². The molecule has 0 fully saturated rings. The normalized spacial score (nSPS) is 10.6. The van der Waals surface area contributed by atoms with Gasteiger partial charge in [0.2, 0.25) is 5.88 Å². The molecule has 0 bridgehead atoms. The van der Waals surface area contributed by atoms with Crippen LogP contribution >= 0.6 is 0 Å². The third-order valence-corrected chi connectivity index (χ3v) is 2.68. The first-order valence-electron chi connectivity index (χ1n) is 6.45. The number of hydrogen-bond acceptors (Lipinski definition) is 6. The molecule has 0 radical (unpaired) electrons. The van der Waals surface area contributed by atoms with Crippen LogP contribution in [-0.4, -0.2) is 28.1 Å². The van der Waals surface area contributed by atoms with E-state index >= 15 is 0 Å². The zero-order chi connectivity index (χ0) is 14.5. The van der Waals surface area contributed by atoms with Crippen LogP contribution in [0.25, 0.3) is 0 Å². The standard InChI is InChI=1S/C14H19N5O/c1-10(2)20-14-12(15)13(17-9-18-14)19(3)8-11-5-4-6-16-7-11/h4-7,9-10H,8,15H2,1-3H3. The number of hydrogen-bond donors (Lipinski definition) is 1. The van der Waals surface area contributed by atoms with E-state index in [4.69, 9.17) is 10.5 Å². The van der Waals surface area contributed by atoms with E-state index in [1.165, 1.54) is 6.33 Å². The van der Waals surface area contributed by atoms with Crippen LogP contribution in [-0.2, 0) is 6.54 Å². The Hall–Kier alpha value is -2.37. The quantitative estimate of drug-likeness (QED) is 0.896. The first-order valence-corrected chi connectivity index (χ1v) is 6.45. The number of rotatable bonds is 5. The Morgan fingerprint density at radius 3 is 2.80 bits per heavy atom. The number of nitrogens with zero attached hydrogens (tertiary/aromatic N) is 4. The van der Waals surface area contributed by atoms with Crippen molar-refractivity contribution in [3.05, 3.63) is 36.4 Å². The topological polar surface area (TPSA) is 77.2 Å². The first-order chi connectivity index (χ1) is 9.58. The van der Waals surface area contributed by atoms with E-state index in [0.717, 1.165) is 5.56 Å². The van der Waals surface area contributed by atoms with Crippen molar-refractivity contribution in [1.82, 2.24) is 15.0 Å². The first kappa shape index (κ1) is 14.0. The summed E-state index contributed by atoms with van der Waals surface area (Å²) in [5, 5.41) is 0. The summed E-state index contributed by atoms with van der Waals surface area (Å²) < 4.78 is 5.57. The molecule has 0 spiro atoms. The number of nitrogen functional groups attached to an aromatic ring is 1. The molecule has 6 nitrogen and oxygen atoms in total. The van der Waals surface area contributed by atoms with Gasteiger partial charge in [-0.3, -0.25) is 4.98 Å². The summed E-state index contributed by atoms with van der Waals surface area (Å²) >= 11 is 0. The van der Waals surface area contributed by atoms with Crippen molar-refractivity contribution in [1.29, 1.82) is 0 Å². The van der Waals surface area contributed by atoms with Crippen LogP contribution in [0.3, 0.4) is 0 Å². The Balaban J connectivity index is 2.19. The second kappa shape index (κ2) is 6.18. The summed E-state index contributed by atoms with van der Waals surface area (Å²) in [6.45, 7) is 4.53. The van der Waals surface area contributed by atoms with Gasteiger partial charge in [0.1, 0.15) is 12.0 Å². The fourth-order valence-electron chi connectivity index (χ4n) is 1.83. The molecule has 2 N–H and O–H groups in total. The van der Waals surface area contributed by atoms with Crippen molar-refractivity contribution in [2.24, 2.45) is 0 Å². The molecule has 2 rings (SSSR count). The monoisotopic (exact) mass is 273 g/mol. The predicted molar refractivity (Wildman–Crippen MR) is 78.6 cm³/mol. The fraction of sp³-hybridized carbons (Fsp3) is 0.357. The molecule has 2 aromatic rings. The summed E-state index contributed by atoms with van der Waals surface area (Å²) in [4.78, 5) is 14.3. The Morgan fingerprint density at radius 2 is 2.15 bits per heavy atom. The molecule has 6 heteroatoms. The molecule has 0 aliphatic heterocycles. The van der Waals surface area contributed by atoms with E-state index in [2.05, 4.69) is 15.0 Å². The molecule has 0 unspecified atom stereocenters.